The van der Waals surface area contributed by atoms with Crippen LogP contribution in [0.25, 0.3) is 0 Å². The zero-order valence-electron chi connectivity index (χ0n) is 11.3. The lowest BCUT2D eigenvalue weighted by molar-refractivity contribution is 0.305. The first kappa shape index (κ1) is 15.3. The van der Waals surface area contributed by atoms with Gasteiger partial charge in [-0.25, -0.2) is 4.39 Å². The molecule has 0 aliphatic carbocycles. The molecule has 21 heavy (non-hydrogen) atoms. The number of nitrogens with zero attached hydrogens (tertiary/aromatic N) is 1. The molecule has 0 saturated carbocycles. The van der Waals surface area contributed by atoms with Crippen LogP contribution in [0.4, 0.5) is 4.39 Å². The summed E-state index contributed by atoms with van der Waals surface area (Å²) < 4.78 is 18.8. The van der Waals surface area contributed by atoms with Crippen molar-refractivity contribution in [3.05, 3.63) is 63.9 Å². The molecule has 0 fully saturated rings. The second-order valence-electron chi connectivity index (χ2n) is 4.51. The van der Waals surface area contributed by atoms with Gasteiger partial charge in [0.15, 0.2) is 0 Å². The highest BCUT2D eigenvalue weighted by molar-refractivity contribution is 6.32. The number of nitrogens with two attached hydrogens (primary N) is 1. The molecule has 108 valence electrons. The molecule has 3 nitrogen and oxygen atoms in total. The van der Waals surface area contributed by atoms with Crippen molar-refractivity contribution in [1.82, 2.24) is 0 Å². The summed E-state index contributed by atoms with van der Waals surface area (Å²) in [4.78, 5) is 0. The van der Waals surface area contributed by atoms with E-state index in [1.165, 1.54) is 18.2 Å². The largest absolute Gasteiger partial charge is 0.487 e. The molecule has 0 amide bonds. The lowest BCUT2D eigenvalue weighted by Gasteiger charge is -2.10. The smallest absolute Gasteiger partial charge is 0.138 e. The molecular formula is C16H14ClFN2O. The molecule has 0 heterocycles. The third-order valence-electron chi connectivity index (χ3n) is 3.00. The summed E-state index contributed by atoms with van der Waals surface area (Å²) >= 11 is 6.13. The van der Waals surface area contributed by atoms with Crippen LogP contribution in [-0.2, 0) is 13.0 Å². The van der Waals surface area contributed by atoms with Crippen molar-refractivity contribution >= 4 is 11.6 Å². The Hall–Kier alpha value is -2.09. The van der Waals surface area contributed by atoms with Crippen molar-refractivity contribution in [3.63, 3.8) is 0 Å². The molecule has 2 aromatic carbocycles. The predicted octanol–water partition coefficient (Wildman–Crippen LogP) is 3.43. The summed E-state index contributed by atoms with van der Waals surface area (Å²) in [6.45, 7) is 0.627. The van der Waals surface area contributed by atoms with Gasteiger partial charge < -0.3 is 10.5 Å². The third kappa shape index (κ3) is 3.94. The van der Waals surface area contributed by atoms with Gasteiger partial charge in [0.1, 0.15) is 18.2 Å². The van der Waals surface area contributed by atoms with E-state index in [0.717, 1.165) is 12.0 Å². The van der Waals surface area contributed by atoms with Gasteiger partial charge in [-0.15, -0.1) is 0 Å². The standard InChI is InChI=1S/C16H14ClFN2O/c17-15-7-11(5-6-19)1-4-16(15)21-10-13-8-14(18)3-2-12(13)9-20/h1-4,7-8H,5-6,10,19H2. The van der Waals surface area contributed by atoms with Crippen molar-refractivity contribution in [2.24, 2.45) is 5.73 Å². The van der Waals surface area contributed by atoms with Crippen molar-refractivity contribution < 1.29 is 9.13 Å². The highest BCUT2D eigenvalue weighted by Crippen LogP contribution is 2.27. The first-order valence-corrected chi connectivity index (χ1v) is 6.81. The minimum atomic E-state index is -0.406. The van der Waals surface area contributed by atoms with E-state index in [2.05, 4.69) is 0 Å². The zero-order valence-corrected chi connectivity index (χ0v) is 12.0. The van der Waals surface area contributed by atoms with Crippen molar-refractivity contribution in [3.8, 4) is 11.8 Å². The summed E-state index contributed by atoms with van der Waals surface area (Å²) in [5.74, 6) is 0.0857. The van der Waals surface area contributed by atoms with Gasteiger partial charge in [0.2, 0.25) is 0 Å². The second kappa shape index (κ2) is 7.07. The van der Waals surface area contributed by atoms with Crippen LogP contribution in [-0.4, -0.2) is 6.54 Å². The number of nitriles is 1. The SMILES string of the molecule is N#Cc1ccc(F)cc1COc1ccc(CCN)cc1Cl. The molecule has 0 unspecified atom stereocenters. The first-order chi connectivity index (χ1) is 10.1. The van der Waals surface area contributed by atoms with Crippen molar-refractivity contribution in [2.75, 3.05) is 6.54 Å². The molecule has 5 heteroatoms. The van der Waals surface area contributed by atoms with E-state index in [1.54, 1.807) is 12.1 Å². The average molecular weight is 305 g/mol. The summed E-state index contributed by atoms with van der Waals surface area (Å²) in [6, 6.07) is 11.4. The van der Waals surface area contributed by atoms with Gasteiger partial charge in [0.25, 0.3) is 0 Å². The van der Waals surface area contributed by atoms with E-state index in [1.807, 2.05) is 12.1 Å². The number of halogens is 2. The molecule has 2 aromatic rings. The van der Waals surface area contributed by atoms with Crippen LogP contribution >= 0.6 is 11.6 Å². The van der Waals surface area contributed by atoms with E-state index in [9.17, 15) is 4.39 Å². The number of rotatable bonds is 5. The molecule has 0 aliphatic heterocycles. The van der Waals surface area contributed by atoms with Crippen LogP contribution in [0.1, 0.15) is 16.7 Å². The van der Waals surface area contributed by atoms with E-state index in [-0.39, 0.29) is 6.61 Å². The number of hydrogen-bond donors (Lipinski definition) is 1. The summed E-state index contributed by atoms with van der Waals surface area (Å²) in [6.07, 6.45) is 0.739. The van der Waals surface area contributed by atoms with E-state index in [0.29, 0.717) is 28.4 Å². The predicted molar refractivity (Wildman–Crippen MR) is 79.7 cm³/mol. The number of hydrogen-bond acceptors (Lipinski definition) is 3. The normalized spacial score (nSPS) is 10.2. The molecule has 0 atom stereocenters. The molecule has 0 radical (unpaired) electrons. The average Bonchev–Trinajstić information content (AvgIpc) is 2.47. The Morgan fingerprint density at radius 1 is 1.24 bits per heavy atom. The van der Waals surface area contributed by atoms with Crippen LogP contribution in [0.5, 0.6) is 5.75 Å². The van der Waals surface area contributed by atoms with Gasteiger partial charge >= 0.3 is 0 Å². The number of ether oxygens (including phenoxy) is 1. The third-order valence-corrected chi connectivity index (χ3v) is 3.30. The van der Waals surface area contributed by atoms with Gasteiger partial charge in [-0.2, -0.15) is 5.26 Å². The maximum absolute atomic E-state index is 13.2. The molecule has 2 N–H and O–H groups in total. The maximum Gasteiger partial charge on any atom is 0.138 e. The quantitative estimate of drug-likeness (QED) is 0.920. The lowest BCUT2D eigenvalue weighted by Crippen LogP contribution is -2.03. The van der Waals surface area contributed by atoms with Crippen LogP contribution in [0.2, 0.25) is 5.02 Å². The minimum absolute atomic E-state index is 0.0800. The fourth-order valence-electron chi connectivity index (χ4n) is 1.93. The molecular weight excluding hydrogens is 291 g/mol. The monoisotopic (exact) mass is 304 g/mol. The lowest BCUT2D eigenvalue weighted by atomic mass is 10.1. The van der Waals surface area contributed by atoms with Crippen molar-refractivity contribution in [1.29, 1.82) is 5.26 Å². The Morgan fingerprint density at radius 2 is 2.05 bits per heavy atom. The van der Waals surface area contributed by atoms with Gasteiger partial charge in [-0.3, -0.25) is 0 Å². The fourth-order valence-corrected chi connectivity index (χ4v) is 2.19. The highest BCUT2D eigenvalue weighted by atomic mass is 35.5. The summed E-state index contributed by atoms with van der Waals surface area (Å²) in [5, 5.41) is 9.46. The Labute approximate surface area is 127 Å². The Morgan fingerprint density at radius 3 is 2.71 bits per heavy atom. The maximum atomic E-state index is 13.2. The Bertz CT molecular complexity index is 682. The minimum Gasteiger partial charge on any atom is -0.487 e. The van der Waals surface area contributed by atoms with Gasteiger partial charge in [0, 0.05) is 5.56 Å². The van der Waals surface area contributed by atoms with Crippen LogP contribution in [0.3, 0.4) is 0 Å². The molecule has 0 aromatic heterocycles. The van der Waals surface area contributed by atoms with Crippen molar-refractivity contribution in [2.45, 2.75) is 13.0 Å². The molecule has 2 rings (SSSR count). The summed E-state index contributed by atoms with van der Waals surface area (Å²) in [5.41, 5.74) is 7.38. The first-order valence-electron chi connectivity index (χ1n) is 6.44. The van der Waals surface area contributed by atoms with Gasteiger partial charge in [0.05, 0.1) is 16.7 Å². The summed E-state index contributed by atoms with van der Waals surface area (Å²) in [7, 11) is 0. The second-order valence-corrected chi connectivity index (χ2v) is 4.91. The van der Waals surface area contributed by atoms with Gasteiger partial charge in [-0.1, -0.05) is 17.7 Å². The number of benzene rings is 2. The van der Waals surface area contributed by atoms with Crippen LogP contribution in [0, 0.1) is 17.1 Å². The van der Waals surface area contributed by atoms with E-state index < -0.39 is 5.82 Å². The molecule has 0 saturated heterocycles. The molecule has 0 bridgehead atoms. The molecule has 0 spiro atoms. The topological polar surface area (TPSA) is 59.0 Å². The van der Waals surface area contributed by atoms with Crippen LogP contribution in [0.15, 0.2) is 36.4 Å². The zero-order chi connectivity index (χ0) is 15.2. The van der Waals surface area contributed by atoms with Crippen LogP contribution < -0.4 is 10.5 Å². The highest BCUT2D eigenvalue weighted by Gasteiger charge is 2.07. The van der Waals surface area contributed by atoms with E-state index >= 15 is 0 Å². The Balaban J connectivity index is 2.13. The van der Waals surface area contributed by atoms with Gasteiger partial charge in [-0.05, 0) is 48.9 Å². The fraction of sp³-hybridized carbons (Fsp3) is 0.188. The molecule has 0 aliphatic rings. The Kier molecular flexibility index (Phi) is 5.15. The van der Waals surface area contributed by atoms with E-state index in [4.69, 9.17) is 27.3 Å².